The number of nitrogens with zero attached hydrogens (tertiary/aromatic N) is 4. The molecule has 1 aliphatic heterocycles. The number of benzene rings is 1. The number of likely N-dealkylation sites (tertiary alicyclic amines) is 1. The summed E-state index contributed by atoms with van der Waals surface area (Å²) in [4.78, 5) is 36.1. The number of nitrogens with two attached hydrogens (primary N) is 1. The molecule has 0 aliphatic carbocycles. The molecule has 1 amide bonds. The van der Waals surface area contributed by atoms with Crippen molar-refractivity contribution in [2.24, 2.45) is 11.7 Å². The number of phenols is 1. The maximum Gasteiger partial charge on any atom is 0.410 e. The van der Waals surface area contributed by atoms with Crippen LogP contribution in [-0.2, 0) is 14.9 Å². The Hall–Kier alpha value is -3.41. The number of piperidine rings is 1. The fourth-order valence-corrected chi connectivity index (χ4v) is 5.78. The van der Waals surface area contributed by atoms with Gasteiger partial charge in [-0.2, -0.15) is 0 Å². The first-order valence-electron chi connectivity index (χ1n) is 13.3. The number of aromatic nitrogens is 3. The summed E-state index contributed by atoms with van der Waals surface area (Å²) in [5.74, 6) is -0.937. The van der Waals surface area contributed by atoms with Gasteiger partial charge in [-0.15, -0.1) is 17.9 Å². The van der Waals surface area contributed by atoms with E-state index in [4.69, 9.17) is 31.8 Å². The SMILES string of the molecule is C=CCN.C=O.CC(C)(C)OC(=O)N1CCC(C(C)(C)c2nc(-c3cccc(O)c3F)c(-c3ccnc(Cl)n3)s2)CC1. The van der Waals surface area contributed by atoms with Crippen LogP contribution in [0.5, 0.6) is 5.75 Å². The number of aromatic hydroxyl groups is 1. The van der Waals surface area contributed by atoms with Crippen molar-refractivity contribution in [1.29, 1.82) is 0 Å². The van der Waals surface area contributed by atoms with Gasteiger partial charge in [0.1, 0.15) is 12.4 Å². The number of thiazole rings is 1. The molecule has 12 heteroatoms. The number of amides is 1. The first-order valence-corrected chi connectivity index (χ1v) is 14.5. The molecule has 1 aromatic carbocycles. The Labute approximate surface area is 255 Å². The molecule has 3 heterocycles. The van der Waals surface area contributed by atoms with Crippen LogP contribution in [0.3, 0.4) is 0 Å². The van der Waals surface area contributed by atoms with Crippen molar-refractivity contribution >= 4 is 35.8 Å². The molecule has 0 radical (unpaired) electrons. The van der Waals surface area contributed by atoms with Gasteiger partial charge in [0.25, 0.3) is 0 Å². The standard InChI is InChI=1S/C26H30ClFN4O3S.C3H7N.CH2O/c1-25(2,3)35-24(34)32-13-10-15(11-14-32)26(4,5)22-31-20(16-7-6-8-18(33)19(16)28)21(36-22)17-9-12-29-23(27)30-17;1-2-3-4;1-2/h6-9,12,15,33H,10-11,13-14H2,1-5H3;2H,1,3-4H2;1H2. The van der Waals surface area contributed by atoms with Crippen LogP contribution in [-0.4, -0.2) is 63.1 Å². The van der Waals surface area contributed by atoms with Crippen LogP contribution in [0.15, 0.2) is 43.1 Å². The van der Waals surface area contributed by atoms with Crippen LogP contribution in [0.25, 0.3) is 21.8 Å². The highest BCUT2D eigenvalue weighted by Crippen LogP contribution is 2.46. The minimum atomic E-state index is -0.737. The fraction of sp³-hybridized carbons (Fsp3) is 0.433. The number of halogens is 2. The lowest BCUT2D eigenvalue weighted by atomic mass is 9.74. The van der Waals surface area contributed by atoms with Crippen LogP contribution >= 0.6 is 22.9 Å². The number of carbonyl (C=O) groups excluding carboxylic acids is 2. The maximum absolute atomic E-state index is 15.0. The van der Waals surface area contributed by atoms with E-state index in [-0.39, 0.29) is 28.3 Å². The van der Waals surface area contributed by atoms with Crippen molar-refractivity contribution in [1.82, 2.24) is 19.9 Å². The average molecular weight is 620 g/mol. The van der Waals surface area contributed by atoms with Gasteiger partial charge in [-0.05, 0) is 69.3 Å². The van der Waals surface area contributed by atoms with Crippen LogP contribution in [0, 0.1) is 11.7 Å². The average Bonchev–Trinajstić information content (AvgIpc) is 3.41. The van der Waals surface area contributed by atoms with Gasteiger partial charge in [-0.3, -0.25) is 0 Å². The monoisotopic (exact) mass is 619 g/mol. The van der Waals surface area contributed by atoms with E-state index in [2.05, 4.69) is 30.4 Å². The predicted molar refractivity (Wildman–Crippen MR) is 165 cm³/mol. The molecule has 0 unspecified atom stereocenters. The third kappa shape index (κ3) is 8.80. The van der Waals surface area contributed by atoms with Crippen molar-refractivity contribution in [3.8, 4) is 27.6 Å². The summed E-state index contributed by atoms with van der Waals surface area (Å²) >= 11 is 7.49. The quantitative estimate of drug-likeness (QED) is 0.240. The first kappa shape index (κ1) is 34.8. The Balaban J connectivity index is 0.000000947. The second kappa shape index (κ2) is 15.2. The van der Waals surface area contributed by atoms with E-state index in [1.54, 1.807) is 35.4 Å². The Bertz CT molecular complexity index is 1350. The van der Waals surface area contributed by atoms with Crippen LogP contribution in [0.4, 0.5) is 9.18 Å². The molecule has 9 nitrogen and oxygen atoms in total. The minimum Gasteiger partial charge on any atom is -0.505 e. The summed E-state index contributed by atoms with van der Waals surface area (Å²) in [5.41, 5.74) is 5.14. The summed E-state index contributed by atoms with van der Waals surface area (Å²) in [6.07, 6.45) is 4.48. The molecule has 0 spiro atoms. The van der Waals surface area contributed by atoms with Crippen LogP contribution in [0.2, 0.25) is 5.28 Å². The van der Waals surface area contributed by atoms with Crippen molar-refractivity contribution in [3.63, 3.8) is 0 Å². The Morgan fingerprint density at radius 3 is 2.38 bits per heavy atom. The van der Waals surface area contributed by atoms with E-state index >= 15 is 0 Å². The normalized spacial score (nSPS) is 13.8. The molecule has 0 atom stereocenters. The van der Waals surface area contributed by atoms with Gasteiger partial charge in [-0.1, -0.05) is 26.0 Å². The summed E-state index contributed by atoms with van der Waals surface area (Å²) in [5, 5.41) is 10.9. The van der Waals surface area contributed by atoms with Gasteiger partial charge in [0.15, 0.2) is 11.6 Å². The van der Waals surface area contributed by atoms with Crippen molar-refractivity contribution in [3.05, 3.63) is 59.2 Å². The molecule has 4 rings (SSSR count). The summed E-state index contributed by atoms with van der Waals surface area (Å²) in [6.45, 7) is 17.0. The predicted octanol–water partition coefficient (Wildman–Crippen LogP) is 6.64. The smallest absolute Gasteiger partial charge is 0.410 e. The van der Waals surface area contributed by atoms with Crippen LogP contribution in [0.1, 0.15) is 52.5 Å². The van der Waals surface area contributed by atoms with E-state index in [0.29, 0.717) is 35.9 Å². The van der Waals surface area contributed by atoms with Gasteiger partial charge in [-0.25, -0.2) is 24.1 Å². The molecular weight excluding hydrogens is 581 g/mol. The minimum absolute atomic E-state index is 0.0820. The van der Waals surface area contributed by atoms with Gasteiger partial charge in [0.05, 0.1) is 21.3 Å². The first-order chi connectivity index (χ1) is 19.8. The van der Waals surface area contributed by atoms with Gasteiger partial charge in [0.2, 0.25) is 5.28 Å². The second-order valence-electron chi connectivity index (χ2n) is 11.0. The zero-order chi connectivity index (χ0) is 31.7. The lowest BCUT2D eigenvalue weighted by molar-refractivity contribution is -0.0980. The Morgan fingerprint density at radius 1 is 1.21 bits per heavy atom. The lowest BCUT2D eigenvalue weighted by Crippen LogP contribution is -2.45. The topological polar surface area (TPSA) is 132 Å². The van der Waals surface area contributed by atoms with Gasteiger partial charge in [0, 0.05) is 36.8 Å². The number of hydrogen-bond donors (Lipinski definition) is 2. The van der Waals surface area contributed by atoms with Crippen molar-refractivity contribution in [2.45, 2.75) is 58.5 Å². The number of rotatable bonds is 5. The largest absolute Gasteiger partial charge is 0.505 e. The van der Waals surface area contributed by atoms with E-state index in [0.717, 1.165) is 17.8 Å². The molecule has 3 aromatic rings. The zero-order valence-electron chi connectivity index (χ0n) is 24.7. The molecule has 1 aliphatic rings. The molecule has 42 heavy (non-hydrogen) atoms. The highest BCUT2D eigenvalue weighted by molar-refractivity contribution is 7.15. The fourth-order valence-electron chi connectivity index (χ4n) is 4.40. The van der Waals surface area contributed by atoms with Gasteiger partial charge >= 0.3 is 6.09 Å². The van der Waals surface area contributed by atoms with Crippen LogP contribution < -0.4 is 5.73 Å². The van der Waals surface area contributed by atoms with Crippen molar-refractivity contribution < 1.29 is 23.8 Å². The third-order valence-electron chi connectivity index (χ3n) is 6.60. The molecule has 3 N–H and O–H groups in total. The Kier molecular flexibility index (Phi) is 12.6. The zero-order valence-corrected chi connectivity index (χ0v) is 26.3. The molecule has 0 bridgehead atoms. The number of carbonyl (C=O) groups is 2. The molecule has 1 saturated heterocycles. The summed E-state index contributed by atoms with van der Waals surface area (Å²) in [6, 6.07) is 6.18. The lowest BCUT2D eigenvalue weighted by Gasteiger charge is -2.40. The molecular formula is C30H39ClFN5O4S. The summed E-state index contributed by atoms with van der Waals surface area (Å²) < 4.78 is 20.5. The molecule has 0 saturated carbocycles. The Morgan fingerprint density at radius 2 is 1.83 bits per heavy atom. The second-order valence-corrected chi connectivity index (χ2v) is 12.4. The molecule has 228 valence electrons. The highest BCUT2D eigenvalue weighted by Gasteiger charge is 2.39. The number of hydrogen-bond acceptors (Lipinski definition) is 9. The maximum atomic E-state index is 15.0. The van der Waals surface area contributed by atoms with E-state index in [1.807, 2.05) is 27.6 Å². The highest BCUT2D eigenvalue weighted by atomic mass is 35.5. The summed E-state index contributed by atoms with van der Waals surface area (Å²) in [7, 11) is 0. The number of phenolic OH excluding ortho intramolecular Hbond substituents is 1. The molecule has 1 fully saturated rings. The van der Waals surface area contributed by atoms with E-state index in [9.17, 15) is 14.3 Å². The van der Waals surface area contributed by atoms with Gasteiger partial charge < -0.3 is 25.3 Å². The molecule has 2 aromatic heterocycles. The van der Waals surface area contributed by atoms with E-state index < -0.39 is 17.2 Å². The van der Waals surface area contributed by atoms with Crippen molar-refractivity contribution in [2.75, 3.05) is 19.6 Å². The number of ether oxygens (including phenoxy) is 1. The van der Waals surface area contributed by atoms with E-state index in [1.165, 1.54) is 17.4 Å². The third-order valence-corrected chi connectivity index (χ3v) is 8.20.